The lowest BCUT2D eigenvalue weighted by atomic mass is 10.2. The molecule has 2 N–H and O–H groups in total. The quantitative estimate of drug-likeness (QED) is 0.842. The van der Waals surface area contributed by atoms with Crippen molar-refractivity contribution >= 4 is 39.8 Å². The number of hydrogen-bond acceptors (Lipinski definition) is 6. The molecule has 0 aromatic carbocycles. The van der Waals surface area contributed by atoms with Gasteiger partial charge in [0.15, 0.2) is 0 Å². The van der Waals surface area contributed by atoms with Crippen LogP contribution < -0.4 is 10.6 Å². The summed E-state index contributed by atoms with van der Waals surface area (Å²) >= 11 is 7.10. The van der Waals surface area contributed by atoms with Crippen molar-refractivity contribution in [1.82, 2.24) is 15.2 Å². The molecule has 0 atom stereocenters. The van der Waals surface area contributed by atoms with Crippen LogP contribution in [0.4, 0.5) is 10.9 Å². The molecule has 2 aromatic heterocycles. The second-order valence-electron chi connectivity index (χ2n) is 3.29. The van der Waals surface area contributed by atoms with Crippen molar-refractivity contribution < 1.29 is 4.79 Å². The minimum atomic E-state index is -0.296. The Morgan fingerprint density at radius 3 is 3.00 bits per heavy atom. The summed E-state index contributed by atoms with van der Waals surface area (Å²) < 4.78 is 0. The third-order valence-corrected chi connectivity index (χ3v) is 2.79. The normalized spacial score (nSPS) is 10.1. The summed E-state index contributed by atoms with van der Waals surface area (Å²) in [5.41, 5.74) is 1.96. The van der Waals surface area contributed by atoms with Crippen molar-refractivity contribution in [1.29, 1.82) is 0 Å². The Labute approximate surface area is 112 Å². The summed E-state index contributed by atoms with van der Waals surface area (Å²) in [7, 11) is 0. The largest absolute Gasteiger partial charge is 0.370 e. The van der Waals surface area contributed by atoms with Gasteiger partial charge in [0.25, 0.3) is 5.91 Å². The standard InChI is InChI=1S/C10H10ClN5OS/c1-2-12-8-4-6(3-7(11)14-8)9(17)15-10-16-13-5-18-10/h3-5H,2H2,1H3,(H,12,14)(H,15,16,17). The van der Waals surface area contributed by atoms with Crippen LogP contribution in [0.5, 0.6) is 0 Å². The average molecular weight is 284 g/mol. The highest BCUT2D eigenvalue weighted by Crippen LogP contribution is 2.16. The van der Waals surface area contributed by atoms with Gasteiger partial charge in [0.1, 0.15) is 16.5 Å². The molecule has 0 fully saturated rings. The molecule has 0 radical (unpaired) electrons. The predicted octanol–water partition coefficient (Wildman–Crippen LogP) is 2.27. The number of rotatable bonds is 4. The van der Waals surface area contributed by atoms with Gasteiger partial charge in [-0.3, -0.25) is 10.1 Å². The molecule has 6 nitrogen and oxygen atoms in total. The monoisotopic (exact) mass is 283 g/mol. The Morgan fingerprint density at radius 2 is 2.33 bits per heavy atom. The fraction of sp³-hybridized carbons (Fsp3) is 0.200. The van der Waals surface area contributed by atoms with Crippen molar-refractivity contribution in [2.45, 2.75) is 6.92 Å². The van der Waals surface area contributed by atoms with Crippen molar-refractivity contribution in [3.63, 3.8) is 0 Å². The summed E-state index contributed by atoms with van der Waals surface area (Å²) in [6, 6.07) is 3.13. The second-order valence-corrected chi connectivity index (χ2v) is 4.51. The van der Waals surface area contributed by atoms with Crippen molar-refractivity contribution in [3.8, 4) is 0 Å². The number of halogens is 1. The zero-order valence-electron chi connectivity index (χ0n) is 9.48. The van der Waals surface area contributed by atoms with Crippen LogP contribution in [0.15, 0.2) is 17.6 Å². The predicted molar refractivity (Wildman–Crippen MR) is 71.3 cm³/mol. The Morgan fingerprint density at radius 1 is 1.50 bits per heavy atom. The van der Waals surface area contributed by atoms with E-state index >= 15 is 0 Å². The van der Waals surface area contributed by atoms with Gasteiger partial charge in [-0.05, 0) is 19.1 Å². The first-order valence-corrected chi connectivity index (χ1v) is 6.43. The number of nitrogens with one attached hydrogen (secondary N) is 2. The molecule has 94 valence electrons. The van der Waals surface area contributed by atoms with Crippen LogP contribution in [0.1, 0.15) is 17.3 Å². The second kappa shape index (κ2) is 5.74. The smallest absolute Gasteiger partial charge is 0.257 e. The summed E-state index contributed by atoms with van der Waals surface area (Å²) in [6.45, 7) is 2.63. The van der Waals surface area contributed by atoms with Crippen molar-refractivity contribution in [2.75, 3.05) is 17.2 Å². The Bertz CT molecular complexity index is 545. The fourth-order valence-corrected chi connectivity index (χ4v) is 1.95. The number of pyridine rings is 1. The molecule has 0 aliphatic carbocycles. The van der Waals surface area contributed by atoms with Gasteiger partial charge in [-0.1, -0.05) is 22.9 Å². The van der Waals surface area contributed by atoms with Gasteiger partial charge < -0.3 is 5.32 Å². The molecule has 0 saturated carbocycles. The van der Waals surface area contributed by atoms with Crippen LogP contribution in [0, 0.1) is 0 Å². The third-order valence-electron chi connectivity index (χ3n) is 1.99. The maximum absolute atomic E-state index is 11.9. The van der Waals surface area contributed by atoms with E-state index in [4.69, 9.17) is 11.6 Å². The minimum Gasteiger partial charge on any atom is -0.370 e. The molecule has 0 unspecified atom stereocenters. The molecule has 18 heavy (non-hydrogen) atoms. The number of anilines is 2. The molecule has 0 saturated heterocycles. The lowest BCUT2D eigenvalue weighted by Crippen LogP contribution is -2.13. The zero-order chi connectivity index (χ0) is 13.0. The molecule has 2 rings (SSSR count). The Kier molecular flexibility index (Phi) is 4.06. The molecular formula is C10H10ClN5OS. The minimum absolute atomic E-state index is 0.260. The van der Waals surface area contributed by atoms with Crippen LogP contribution in [0.3, 0.4) is 0 Å². The number of carbonyl (C=O) groups excluding carboxylic acids is 1. The van der Waals surface area contributed by atoms with Gasteiger partial charge in [-0.25, -0.2) is 4.98 Å². The van der Waals surface area contributed by atoms with Crippen LogP contribution in [-0.4, -0.2) is 27.6 Å². The highest BCUT2D eigenvalue weighted by molar-refractivity contribution is 7.13. The Balaban J connectivity index is 2.19. The maximum atomic E-state index is 11.9. The molecule has 2 aromatic rings. The summed E-state index contributed by atoms with van der Waals surface area (Å²) in [6.07, 6.45) is 0. The van der Waals surface area contributed by atoms with E-state index in [0.717, 1.165) is 0 Å². The third kappa shape index (κ3) is 3.14. The number of hydrogen-bond donors (Lipinski definition) is 2. The zero-order valence-corrected chi connectivity index (χ0v) is 11.0. The first-order chi connectivity index (χ1) is 8.69. The average Bonchev–Trinajstić information content (AvgIpc) is 2.81. The van der Waals surface area contributed by atoms with E-state index in [1.165, 1.54) is 17.4 Å². The SMILES string of the molecule is CCNc1cc(C(=O)Nc2nncs2)cc(Cl)n1. The fourth-order valence-electron chi connectivity index (χ4n) is 1.30. The van der Waals surface area contributed by atoms with E-state index in [0.29, 0.717) is 23.1 Å². The van der Waals surface area contributed by atoms with Crippen LogP contribution in [0.2, 0.25) is 5.15 Å². The molecule has 0 spiro atoms. The maximum Gasteiger partial charge on any atom is 0.257 e. The first-order valence-electron chi connectivity index (χ1n) is 5.18. The van der Waals surface area contributed by atoms with E-state index in [-0.39, 0.29) is 11.1 Å². The summed E-state index contributed by atoms with van der Waals surface area (Å²) in [4.78, 5) is 16.0. The molecular weight excluding hydrogens is 274 g/mol. The van der Waals surface area contributed by atoms with Gasteiger partial charge in [-0.15, -0.1) is 10.2 Å². The first kappa shape index (κ1) is 12.7. The molecule has 0 bridgehead atoms. The van der Waals surface area contributed by atoms with Gasteiger partial charge in [0.05, 0.1) is 0 Å². The van der Waals surface area contributed by atoms with E-state index in [9.17, 15) is 4.79 Å². The number of amides is 1. The lowest BCUT2D eigenvalue weighted by Gasteiger charge is -2.06. The van der Waals surface area contributed by atoms with Crippen molar-refractivity contribution in [2.24, 2.45) is 0 Å². The summed E-state index contributed by atoms with van der Waals surface area (Å²) in [5, 5.41) is 13.7. The summed E-state index contributed by atoms with van der Waals surface area (Å²) in [5.74, 6) is 0.266. The van der Waals surface area contributed by atoms with Gasteiger partial charge in [0, 0.05) is 12.1 Å². The molecule has 0 aliphatic heterocycles. The van der Waals surface area contributed by atoms with E-state index in [1.54, 1.807) is 11.6 Å². The van der Waals surface area contributed by atoms with E-state index in [1.807, 2.05) is 6.92 Å². The van der Waals surface area contributed by atoms with Gasteiger partial charge >= 0.3 is 0 Å². The van der Waals surface area contributed by atoms with Crippen LogP contribution in [-0.2, 0) is 0 Å². The van der Waals surface area contributed by atoms with E-state index < -0.39 is 0 Å². The highest BCUT2D eigenvalue weighted by Gasteiger charge is 2.10. The number of aromatic nitrogens is 3. The molecule has 2 heterocycles. The number of carbonyl (C=O) groups is 1. The lowest BCUT2D eigenvalue weighted by molar-refractivity contribution is 0.102. The van der Waals surface area contributed by atoms with Crippen LogP contribution >= 0.6 is 22.9 Å². The van der Waals surface area contributed by atoms with E-state index in [2.05, 4.69) is 25.8 Å². The topological polar surface area (TPSA) is 79.8 Å². The Hall–Kier alpha value is -1.73. The highest BCUT2D eigenvalue weighted by atomic mass is 35.5. The van der Waals surface area contributed by atoms with Crippen LogP contribution in [0.25, 0.3) is 0 Å². The van der Waals surface area contributed by atoms with Gasteiger partial charge in [-0.2, -0.15) is 0 Å². The number of nitrogens with zero attached hydrogens (tertiary/aromatic N) is 3. The molecule has 1 amide bonds. The molecule has 8 heteroatoms. The van der Waals surface area contributed by atoms with Gasteiger partial charge in [0.2, 0.25) is 5.13 Å². The molecule has 0 aliphatic rings. The van der Waals surface area contributed by atoms with Crippen molar-refractivity contribution in [3.05, 3.63) is 28.4 Å².